The summed E-state index contributed by atoms with van der Waals surface area (Å²) in [5.74, 6) is 1.90. The van der Waals surface area contributed by atoms with E-state index in [2.05, 4.69) is 47.6 Å². The molecular weight excluding hydrogens is 236 g/mol. The van der Waals surface area contributed by atoms with E-state index in [4.69, 9.17) is 0 Å². The molecule has 0 aliphatic carbocycles. The van der Waals surface area contributed by atoms with Gasteiger partial charge in [0.2, 0.25) is 0 Å². The van der Waals surface area contributed by atoms with Crippen LogP contribution in [0.1, 0.15) is 36.6 Å². The summed E-state index contributed by atoms with van der Waals surface area (Å²) in [7, 11) is 2.00. The first-order valence-corrected chi connectivity index (χ1v) is 6.86. The summed E-state index contributed by atoms with van der Waals surface area (Å²) in [6, 6.07) is 6.50. The third-order valence-electron chi connectivity index (χ3n) is 3.60. The lowest BCUT2D eigenvalue weighted by atomic mass is 10.0. The van der Waals surface area contributed by atoms with E-state index in [1.807, 2.05) is 18.5 Å². The van der Waals surface area contributed by atoms with Crippen molar-refractivity contribution in [3.63, 3.8) is 0 Å². The van der Waals surface area contributed by atoms with Gasteiger partial charge in [0.25, 0.3) is 0 Å². The summed E-state index contributed by atoms with van der Waals surface area (Å²) in [6.07, 6.45) is 2.07. The van der Waals surface area contributed by atoms with Gasteiger partial charge in [-0.25, -0.2) is 0 Å². The summed E-state index contributed by atoms with van der Waals surface area (Å²) >= 11 is 0. The minimum Gasteiger partial charge on any atom is -0.377 e. The number of rotatable bonds is 5. The van der Waals surface area contributed by atoms with Crippen LogP contribution in [-0.2, 0) is 26.4 Å². The molecule has 4 heteroatoms. The highest BCUT2D eigenvalue weighted by atomic mass is 15.3. The number of benzene rings is 1. The monoisotopic (exact) mass is 258 g/mol. The molecule has 0 radical (unpaired) electrons. The predicted octanol–water partition coefficient (Wildman–Crippen LogP) is 2.86. The van der Waals surface area contributed by atoms with Gasteiger partial charge >= 0.3 is 0 Å². The summed E-state index contributed by atoms with van der Waals surface area (Å²) in [5, 5.41) is 11.8. The highest BCUT2D eigenvalue weighted by molar-refractivity contribution is 5.57. The number of nitrogens with one attached hydrogen (secondary N) is 1. The van der Waals surface area contributed by atoms with Gasteiger partial charge in [-0.2, -0.15) is 0 Å². The zero-order valence-corrected chi connectivity index (χ0v) is 12.2. The lowest BCUT2D eigenvalue weighted by Gasteiger charge is -2.15. The summed E-state index contributed by atoms with van der Waals surface area (Å²) in [5.41, 5.74) is 3.98. The second-order valence-electron chi connectivity index (χ2n) is 4.73. The Morgan fingerprint density at radius 3 is 2.21 bits per heavy atom. The van der Waals surface area contributed by atoms with Crippen LogP contribution < -0.4 is 5.32 Å². The topological polar surface area (TPSA) is 42.7 Å². The minimum atomic E-state index is 0.710. The van der Waals surface area contributed by atoms with Gasteiger partial charge in [0.05, 0.1) is 6.54 Å². The SMILES string of the molecule is CCc1cccc(CC)c1NCc1nnc(C)n1C. The Morgan fingerprint density at radius 1 is 1.11 bits per heavy atom. The summed E-state index contributed by atoms with van der Waals surface area (Å²) in [6.45, 7) is 7.05. The van der Waals surface area contributed by atoms with Crippen LogP contribution in [0.3, 0.4) is 0 Å². The van der Waals surface area contributed by atoms with E-state index in [0.29, 0.717) is 6.54 Å². The average Bonchev–Trinajstić information content (AvgIpc) is 2.76. The van der Waals surface area contributed by atoms with E-state index in [9.17, 15) is 0 Å². The molecule has 0 bridgehead atoms. The summed E-state index contributed by atoms with van der Waals surface area (Å²) < 4.78 is 2.02. The highest BCUT2D eigenvalue weighted by Crippen LogP contribution is 2.23. The fourth-order valence-corrected chi connectivity index (χ4v) is 2.24. The normalized spacial score (nSPS) is 10.7. The van der Waals surface area contributed by atoms with Crippen LogP contribution in [-0.4, -0.2) is 14.8 Å². The van der Waals surface area contributed by atoms with Crippen molar-refractivity contribution in [3.05, 3.63) is 41.0 Å². The standard InChI is InChI=1S/C15H22N4/c1-5-12-8-7-9-13(6-2)15(12)16-10-14-18-17-11(3)19(14)4/h7-9,16H,5-6,10H2,1-4H3. The first-order valence-electron chi connectivity index (χ1n) is 6.86. The van der Waals surface area contributed by atoms with Crippen LogP contribution in [0.5, 0.6) is 0 Å². The number of nitrogens with zero attached hydrogens (tertiary/aromatic N) is 3. The van der Waals surface area contributed by atoms with Crippen LogP contribution in [0.4, 0.5) is 5.69 Å². The van der Waals surface area contributed by atoms with Crippen molar-refractivity contribution >= 4 is 5.69 Å². The van der Waals surface area contributed by atoms with E-state index in [0.717, 1.165) is 24.5 Å². The van der Waals surface area contributed by atoms with Crippen molar-refractivity contribution in [2.75, 3.05) is 5.32 Å². The maximum atomic E-state index is 4.19. The van der Waals surface area contributed by atoms with Crippen molar-refractivity contribution < 1.29 is 0 Å². The largest absolute Gasteiger partial charge is 0.377 e. The Balaban J connectivity index is 2.21. The zero-order valence-electron chi connectivity index (χ0n) is 12.2. The van der Waals surface area contributed by atoms with E-state index >= 15 is 0 Å². The number of anilines is 1. The lowest BCUT2D eigenvalue weighted by Crippen LogP contribution is -2.09. The number of hydrogen-bond acceptors (Lipinski definition) is 3. The Morgan fingerprint density at radius 2 is 1.74 bits per heavy atom. The molecule has 2 rings (SSSR count). The van der Waals surface area contributed by atoms with Gasteiger partial charge < -0.3 is 9.88 Å². The minimum absolute atomic E-state index is 0.710. The maximum absolute atomic E-state index is 4.19. The van der Waals surface area contributed by atoms with Crippen LogP contribution in [0.15, 0.2) is 18.2 Å². The first kappa shape index (κ1) is 13.6. The van der Waals surface area contributed by atoms with Crippen molar-refractivity contribution in [3.8, 4) is 0 Å². The molecule has 1 aromatic heterocycles. The van der Waals surface area contributed by atoms with Crippen molar-refractivity contribution in [1.29, 1.82) is 0 Å². The zero-order chi connectivity index (χ0) is 13.8. The third kappa shape index (κ3) is 2.78. The Hall–Kier alpha value is -1.84. The molecule has 0 spiro atoms. The summed E-state index contributed by atoms with van der Waals surface area (Å²) in [4.78, 5) is 0. The van der Waals surface area contributed by atoms with Crippen molar-refractivity contribution in [1.82, 2.24) is 14.8 Å². The number of aromatic nitrogens is 3. The fraction of sp³-hybridized carbons (Fsp3) is 0.467. The molecule has 0 unspecified atom stereocenters. The van der Waals surface area contributed by atoms with E-state index in [1.165, 1.54) is 16.8 Å². The quantitative estimate of drug-likeness (QED) is 0.896. The average molecular weight is 258 g/mol. The van der Waals surface area contributed by atoms with Gasteiger partial charge in [0.15, 0.2) is 5.82 Å². The van der Waals surface area contributed by atoms with Crippen LogP contribution in [0, 0.1) is 6.92 Å². The molecule has 0 atom stereocenters. The predicted molar refractivity (Wildman–Crippen MR) is 78.3 cm³/mol. The van der Waals surface area contributed by atoms with E-state index < -0.39 is 0 Å². The highest BCUT2D eigenvalue weighted by Gasteiger charge is 2.08. The molecule has 0 amide bonds. The molecule has 0 aliphatic heterocycles. The maximum Gasteiger partial charge on any atom is 0.152 e. The van der Waals surface area contributed by atoms with Crippen molar-refractivity contribution in [2.45, 2.75) is 40.2 Å². The molecular formula is C15H22N4. The van der Waals surface area contributed by atoms with Gasteiger partial charge in [-0.1, -0.05) is 32.0 Å². The molecule has 1 N–H and O–H groups in total. The molecule has 0 aliphatic rings. The van der Waals surface area contributed by atoms with Gasteiger partial charge in [-0.05, 0) is 30.9 Å². The molecule has 2 aromatic rings. The molecule has 1 aromatic carbocycles. The first-order chi connectivity index (χ1) is 9.17. The van der Waals surface area contributed by atoms with Crippen LogP contribution >= 0.6 is 0 Å². The van der Waals surface area contributed by atoms with Crippen LogP contribution in [0.2, 0.25) is 0 Å². The Labute approximate surface area is 114 Å². The molecule has 0 saturated heterocycles. The van der Waals surface area contributed by atoms with Gasteiger partial charge in [0, 0.05) is 12.7 Å². The second-order valence-corrected chi connectivity index (χ2v) is 4.73. The van der Waals surface area contributed by atoms with Crippen molar-refractivity contribution in [2.24, 2.45) is 7.05 Å². The smallest absolute Gasteiger partial charge is 0.152 e. The molecule has 0 fully saturated rings. The van der Waals surface area contributed by atoms with E-state index in [-0.39, 0.29) is 0 Å². The number of para-hydroxylation sites is 1. The Kier molecular flexibility index (Phi) is 4.20. The number of aryl methyl sites for hydroxylation is 3. The van der Waals surface area contributed by atoms with Gasteiger partial charge in [-0.3, -0.25) is 0 Å². The Bertz CT molecular complexity index is 535. The van der Waals surface area contributed by atoms with Gasteiger partial charge in [-0.15, -0.1) is 10.2 Å². The fourth-order valence-electron chi connectivity index (χ4n) is 2.24. The second kappa shape index (κ2) is 5.87. The molecule has 19 heavy (non-hydrogen) atoms. The van der Waals surface area contributed by atoms with Crippen LogP contribution in [0.25, 0.3) is 0 Å². The number of hydrogen-bond donors (Lipinski definition) is 1. The molecule has 102 valence electrons. The lowest BCUT2D eigenvalue weighted by molar-refractivity contribution is 0.788. The molecule has 1 heterocycles. The molecule has 4 nitrogen and oxygen atoms in total. The third-order valence-corrected chi connectivity index (χ3v) is 3.60. The molecule has 0 saturated carbocycles. The van der Waals surface area contributed by atoms with E-state index in [1.54, 1.807) is 0 Å². The van der Waals surface area contributed by atoms with Gasteiger partial charge in [0.1, 0.15) is 5.82 Å².